The van der Waals surface area contributed by atoms with Gasteiger partial charge in [-0.25, -0.2) is 17.9 Å². The fourth-order valence-corrected chi connectivity index (χ4v) is 3.71. The summed E-state index contributed by atoms with van der Waals surface area (Å²) < 4.78 is 32.5. The Morgan fingerprint density at radius 2 is 2.20 bits per heavy atom. The van der Waals surface area contributed by atoms with Crippen LogP contribution in [0.5, 0.6) is 0 Å². The van der Waals surface area contributed by atoms with Crippen molar-refractivity contribution in [1.29, 1.82) is 0 Å². The van der Waals surface area contributed by atoms with Crippen molar-refractivity contribution >= 4 is 31.9 Å². The van der Waals surface area contributed by atoms with Crippen molar-refractivity contribution in [3.63, 3.8) is 0 Å². The third-order valence-electron chi connectivity index (χ3n) is 2.95. The van der Waals surface area contributed by atoms with E-state index in [1.165, 1.54) is 12.1 Å². The van der Waals surface area contributed by atoms with E-state index in [9.17, 15) is 13.2 Å². The van der Waals surface area contributed by atoms with Gasteiger partial charge in [0.05, 0.1) is 16.6 Å². The summed E-state index contributed by atoms with van der Waals surface area (Å²) in [6.45, 7) is 0.837. The number of ether oxygens (including phenoxy) is 1. The van der Waals surface area contributed by atoms with Crippen LogP contribution >= 0.6 is 15.9 Å². The molecule has 0 aliphatic carbocycles. The molecule has 2 rings (SSSR count). The van der Waals surface area contributed by atoms with Crippen LogP contribution in [0.2, 0.25) is 0 Å². The summed E-state index contributed by atoms with van der Waals surface area (Å²) in [6, 6.07) is 3.84. The summed E-state index contributed by atoms with van der Waals surface area (Å²) in [7, 11) is -3.75. The number of aromatic carboxylic acids is 1. The Kier molecular flexibility index (Phi) is 4.79. The lowest BCUT2D eigenvalue weighted by Crippen LogP contribution is -2.32. The van der Waals surface area contributed by atoms with Crippen molar-refractivity contribution in [2.45, 2.75) is 23.8 Å². The van der Waals surface area contributed by atoms with E-state index < -0.39 is 16.0 Å². The molecule has 1 heterocycles. The third-order valence-corrected chi connectivity index (χ3v) is 4.81. The Balaban J connectivity index is 2.17. The highest BCUT2D eigenvalue weighted by atomic mass is 79.9. The average Bonchev–Trinajstić information content (AvgIpc) is 2.89. The van der Waals surface area contributed by atoms with Crippen molar-refractivity contribution in [1.82, 2.24) is 4.72 Å². The van der Waals surface area contributed by atoms with Crippen molar-refractivity contribution in [2.75, 3.05) is 13.2 Å². The molecule has 110 valence electrons. The number of nitrogens with one attached hydrogen (secondary N) is 1. The fourth-order valence-electron chi connectivity index (χ4n) is 1.93. The molecule has 1 atom stereocenters. The van der Waals surface area contributed by atoms with Crippen LogP contribution in [0.4, 0.5) is 0 Å². The first-order valence-corrected chi connectivity index (χ1v) is 8.31. The number of carbonyl (C=O) groups is 1. The minimum Gasteiger partial charge on any atom is -0.478 e. The molecule has 1 fully saturated rings. The molecule has 1 aromatic carbocycles. The van der Waals surface area contributed by atoms with Gasteiger partial charge in [-0.2, -0.15) is 0 Å². The Hall–Kier alpha value is -0.960. The Morgan fingerprint density at radius 3 is 2.80 bits per heavy atom. The summed E-state index contributed by atoms with van der Waals surface area (Å²) in [5, 5.41) is 8.95. The number of carboxylic acids is 1. The summed E-state index contributed by atoms with van der Waals surface area (Å²) in [4.78, 5) is 10.9. The first-order chi connectivity index (χ1) is 9.38. The van der Waals surface area contributed by atoms with Gasteiger partial charge < -0.3 is 9.84 Å². The monoisotopic (exact) mass is 363 g/mol. The Bertz CT molecular complexity index is 610. The predicted molar refractivity (Wildman–Crippen MR) is 75.3 cm³/mol. The molecule has 0 spiro atoms. The lowest BCUT2D eigenvalue weighted by molar-refractivity contribution is 0.0696. The zero-order valence-electron chi connectivity index (χ0n) is 10.5. The molecule has 1 aliphatic rings. The summed E-state index contributed by atoms with van der Waals surface area (Å²) in [6.07, 6.45) is 1.63. The van der Waals surface area contributed by atoms with Crippen LogP contribution in [0, 0.1) is 0 Å². The van der Waals surface area contributed by atoms with Crippen LogP contribution in [-0.2, 0) is 14.8 Å². The highest BCUT2D eigenvalue weighted by Crippen LogP contribution is 2.20. The van der Waals surface area contributed by atoms with Crippen LogP contribution in [-0.4, -0.2) is 38.7 Å². The third kappa shape index (κ3) is 3.78. The molecule has 0 aromatic heterocycles. The standard InChI is InChI=1S/C12H14BrNO5S/c13-9-4-8(12(15)16)5-11(6-9)20(17,18)14-7-10-2-1-3-19-10/h4-6,10,14H,1-3,7H2,(H,15,16). The van der Waals surface area contributed by atoms with E-state index in [-0.39, 0.29) is 23.1 Å². The largest absolute Gasteiger partial charge is 0.478 e. The van der Waals surface area contributed by atoms with E-state index in [4.69, 9.17) is 9.84 Å². The lowest BCUT2D eigenvalue weighted by Gasteiger charge is -2.12. The number of carboxylic acid groups (broad SMARTS) is 1. The van der Waals surface area contributed by atoms with Crippen molar-refractivity contribution < 1.29 is 23.1 Å². The van der Waals surface area contributed by atoms with E-state index in [0.29, 0.717) is 11.1 Å². The molecular weight excluding hydrogens is 350 g/mol. The maximum Gasteiger partial charge on any atom is 0.335 e. The zero-order valence-corrected chi connectivity index (χ0v) is 12.9. The van der Waals surface area contributed by atoms with E-state index in [1.807, 2.05) is 0 Å². The second-order valence-electron chi connectivity index (χ2n) is 4.47. The van der Waals surface area contributed by atoms with Gasteiger partial charge >= 0.3 is 5.97 Å². The molecule has 1 saturated heterocycles. The van der Waals surface area contributed by atoms with Crippen LogP contribution in [0.25, 0.3) is 0 Å². The van der Waals surface area contributed by atoms with E-state index in [2.05, 4.69) is 20.7 Å². The fraction of sp³-hybridized carbons (Fsp3) is 0.417. The van der Waals surface area contributed by atoms with Gasteiger partial charge in [0, 0.05) is 17.6 Å². The van der Waals surface area contributed by atoms with E-state index in [0.717, 1.165) is 18.9 Å². The van der Waals surface area contributed by atoms with Gasteiger partial charge in [-0.1, -0.05) is 15.9 Å². The lowest BCUT2D eigenvalue weighted by atomic mass is 10.2. The number of rotatable bonds is 5. The topological polar surface area (TPSA) is 92.7 Å². The average molecular weight is 364 g/mol. The Labute approximate surface area is 125 Å². The Morgan fingerprint density at radius 1 is 1.45 bits per heavy atom. The van der Waals surface area contributed by atoms with Crippen LogP contribution < -0.4 is 4.72 Å². The van der Waals surface area contributed by atoms with Gasteiger partial charge in [0.2, 0.25) is 10.0 Å². The van der Waals surface area contributed by atoms with Gasteiger partial charge in [-0.3, -0.25) is 0 Å². The SMILES string of the molecule is O=C(O)c1cc(Br)cc(S(=O)(=O)NCC2CCCO2)c1. The minimum atomic E-state index is -3.75. The second kappa shape index (κ2) is 6.21. The van der Waals surface area contributed by atoms with Gasteiger partial charge in [0.1, 0.15) is 0 Å². The van der Waals surface area contributed by atoms with Crippen molar-refractivity contribution in [3.05, 3.63) is 28.2 Å². The van der Waals surface area contributed by atoms with Crippen LogP contribution in [0.3, 0.4) is 0 Å². The molecule has 1 aromatic rings. The quantitative estimate of drug-likeness (QED) is 0.828. The highest BCUT2D eigenvalue weighted by molar-refractivity contribution is 9.10. The predicted octanol–water partition coefficient (Wildman–Crippen LogP) is 1.60. The molecule has 1 unspecified atom stereocenters. The highest BCUT2D eigenvalue weighted by Gasteiger charge is 2.21. The van der Waals surface area contributed by atoms with Gasteiger partial charge in [-0.05, 0) is 31.0 Å². The van der Waals surface area contributed by atoms with Crippen LogP contribution in [0.1, 0.15) is 23.2 Å². The second-order valence-corrected chi connectivity index (χ2v) is 7.15. The molecular formula is C12H14BrNO5S. The molecule has 0 radical (unpaired) electrons. The number of benzene rings is 1. The zero-order chi connectivity index (χ0) is 14.8. The molecule has 0 saturated carbocycles. The number of sulfonamides is 1. The summed E-state index contributed by atoms with van der Waals surface area (Å²) in [5.74, 6) is -1.18. The first kappa shape index (κ1) is 15.4. The summed E-state index contributed by atoms with van der Waals surface area (Å²) in [5.41, 5.74) is -0.0862. The molecule has 2 N–H and O–H groups in total. The van der Waals surface area contributed by atoms with Gasteiger partial charge in [-0.15, -0.1) is 0 Å². The number of hydrogen-bond donors (Lipinski definition) is 2. The van der Waals surface area contributed by atoms with Crippen LogP contribution in [0.15, 0.2) is 27.6 Å². The van der Waals surface area contributed by atoms with E-state index >= 15 is 0 Å². The molecule has 6 nitrogen and oxygen atoms in total. The van der Waals surface area contributed by atoms with Crippen molar-refractivity contribution in [2.24, 2.45) is 0 Å². The summed E-state index contributed by atoms with van der Waals surface area (Å²) >= 11 is 3.11. The molecule has 1 aliphatic heterocycles. The molecule has 8 heteroatoms. The smallest absolute Gasteiger partial charge is 0.335 e. The molecule has 20 heavy (non-hydrogen) atoms. The van der Waals surface area contributed by atoms with Gasteiger partial charge in [0.25, 0.3) is 0 Å². The van der Waals surface area contributed by atoms with Gasteiger partial charge in [0.15, 0.2) is 0 Å². The number of hydrogen-bond acceptors (Lipinski definition) is 4. The maximum absolute atomic E-state index is 12.1. The molecule has 0 bridgehead atoms. The minimum absolute atomic E-state index is 0.0812. The maximum atomic E-state index is 12.1. The number of halogens is 1. The van der Waals surface area contributed by atoms with E-state index in [1.54, 1.807) is 0 Å². The first-order valence-electron chi connectivity index (χ1n) is 6.03. The van der Waals surface area contributed by atoms with Crippen molar-refractivity contribution in [3.8, 4) is 0 Å². The molecule has 0 amide bonds. The normalized spacial score (nSPS) is 19.1.